The molecule has 0 saturated carbocycles. The molecular formula is C9H9BrCl2O. The number of ether oxygens (including phenoxy) is 1. The minimum absolute atomic E-state index is 0.431. The molecule has 0 radical (unpaired) electrons. The Labute approximate surface area is 96.1 Å². The van der Waals surface area contributed by atoms with Crippen LogP contribution in [0.3, 0.4) is 0 Å². The zero-order valence-corrected chi connectivity index (χ0v) is 10.2. The highest BCUT2D eigenvalue weighted by molar-refractivity contribution is 9.10. The molecular weight excluding hydrogens is 275 g/mol. The molecule has 1 aromatic carbocycles. The summed E-state index contributed by atoms with van der Waals surface area (Å²) in [6.07, 6.45) is 0. The fourth-order valence-electron chi connectivity index (χ4n) is 1.05. The second-order valence-corrected chi connectivity index (χ2v) is 3.91. The number of methoxy groups -OCH3 is 1. The molecule has 72 valence electrons. The van der Waals surface area contributed by atoms with Crippen LogP contribution in [0.4, 0.5) is 0 Å². The average Bonchev–Trinajstić information content (AvgIpc) is 2.17. The molecule has 0 unspecified atom stereocenters. The highest BCUT2D eigenvalue weighted by Gasteiger charge is 2.07. The first-order chi connectivity index (χ1) is 6.22. The van der Waals surface area contributed by atoms with E-state index in [1.807, 2.05) is 12.1 Å². The third-order valence-corrected chi connectivity index (χ3v) is 3.05. The van der Waals surface area contributed by atoms with Gasteiger partial charge in [0.15, 0.2) is 0 Å². The van der Waals surface area contributed by atoms with E-state index < -0.39 is 0 Å². The zero-order chi connectivity index (χ0) is 9.84. The van der Waals surface area contributed by atoms with Crippen LogP contribution in [0.2, 0.25) is 0 Å². The standard InChI is InChI=1S/C9H9BrCl2O/c1-13-9-3-8(10)6(4-11)2-7(9)5-12/h2-3H,4-5H2,1H3. The Morgan fingerprint density at radius 2 is 1.85 bits per heavy atom. The highest BCUT2D eigenvalue weighted by atomic mass is 79.9. The van der Waals surface area contributed by atoms with E-state index in [0.29, 0.717) is 11.8 Å². The molecule has 0 saturated heterocycles. The van der Waals surface area contributed by atoms with Crippen molar-refractivity contribution in [3.63, 3.8) is 0 Å². The molecule has 1 nitrogen and oxygen atoms in total. The van der Waals surface area contributed by atoms with Crippen LogP contribution in [0.15, 0.2) is 16.6 Å². The smallest absolute Gasteiger partial charge is 0.124 e. The summed E-state index contributed by atoms with van der Waals surface area (Å²) >= 11 is 14.9. The number of halogens is 3. The molecule has 13 heavy (non-hydrogen) atoms. The summed E-state index contributed by atoms with van der Waals surface area (Å²) in [6.45, 7) is 0. The Bertz CT molecular complexity index is 302. The topological polar surface area (TPSA) is 9.23 Å². The number of hydrogen-bond acceptors (Lipinski definition) is 1. The molecule has 0 amide bonds. The SMILES string of the molecule is COc1cc(Br)c(CCl)cc1CCl. The predicted octanol–water partition coefficient (Wildman–Crippen LogP) is 3.94. The van der Waals surface area contributed by atoms with Gasteiger partial charge in [0.1, 0.15) is 5.75 Å². The van der Waals surface area contributed by atoms with Crippen molar-refractivity contribution in [2.45, 2.75) is 11.8 Å². The number of hydrogen-bond donors (Lipinski definition) is 0. The van der Waals surface area contributed by atoms with Crippen molar-refractivity contribution < 1.29 is 4.74 Å². The molecule has 1 rings (SSSR count). The van der Waals surface area contributed by atoms with E-state index in [1.54, 1.807) is 7.11 Å². The molecule has 4 heteroatoms. The third kappa shape index (κ3) is 2.52. The lowest BCUT2D eigenvalue weighted by Gasteiger charge is -2.09. The van der Waals surface area contributed by atoms with Crippen molar-refractivity contribution >= 4 is 39.1 Å². The minimum atomic E-state index is 0.431. The van der Waals surface area contributed by atoms with Gasteiger partial charge in [0.2, 0.25) is 0 Å². The lowest BCUT2D eigenvalue weighted by Crippen LogP contribution is -1.92. The highest BCUT2D eigenvalue weighted by Crippen LogP contribution is 2.29. The second-order valence-electron chi connectivity index (χ2n) is 2.52. The molecule has 0 bridgehead atoms. The monoisotopic (exact) mass is 282 g/mol. The Morgan fingerprint density at radius 3 is 2.31 bits per heavy atom. The Kier molecular flexibility index (Phi) is 4.36. The normalized spacial score (nSPS) is 10.2. The van der Waals surface area contributed by atoms with Gasteiger partial charge >= 0.3 is 0 Å². The third-order valence-electron chi connectivity index (χ3n) is 1.74. The van der Waals surface area contributed by atoms with Crippen LogP contribution in [0.1, 0.15) is 11.1 Å². The van der Waals surface area contributed by atoms with E-state index in [2.05, 4.69) is 15.9 Å². The molecule has 0 spiro atoms. The van der Waals surface area contributed by atoms with Crippen molar-refractivity contribution in [3.8, 4) is 5.75 Å². The van der Waals surface area contributed by atoms with Crippen molar-refractivity contribution in [1.29, 1.82) is 0 Å². The summed E-state index contributed by atoms with van der Waals surface area (Å²) in [7, 11) is 1.62. The first kappa shape index (κ1) is 11.2. The van der Waals surface area contributed by atoms with Gasteiger partial charge < -0.3 is 4.74 Å². The quantitative estimate of drug-likeness (QED) is 0.764. The van der Waals surface area contributed by atoms with Gasteiger partial charge in [-0.3, -0.25) is 0 Å². The maximum atomic E-state index is 5.75. The molecule has 0 heterocycles. The molecule has 0 aliphatic rings. The van der Waals surface area contributed by atoms with Gasteiger partial charge in [0.05, 0.1) is 13.0 Å². The number of alkyl halides is 2. The van der Waals surface area contributed by atoms with Gasteiger partial charge in [0.25, 0.3) is 0 Å². The van der Waals surface area contributed by atoms with Gasteiger partial charge in [-0.25, -0.2) is 0 Å². The zero-order valence-electron chi connectivity index (χ0n) is 7.11. The summed E-state index contributed by atoms with van der Waals surface area (Å²) in [4.78, 5) is 0. The molecule has 0 N–H and O–H groups in total. The first-order valence-electron chi connectivity index (χ1n) is 3.70. The Morgan fingerprint density at radius 1 is 1.23 bits per heavy atom. The van der Waals surface area contributed by atoms with Crippen molar-refractivity contribution in [1.82, 2.24) is 0 Å². The van der Waals surface area contributed by atoms with E-state index in [9.17, 15) is 0 Å². The van der Waals surface area contributed by atoms with E-state index in [1.165, 1.54) is 0 Å². The fraction of sp³-hybridized carbons (Fsp3) is 0.333. The van der Waals surface area contributed by atoms with Crippen molar-refractivity contribution in [3.05, 3.63) is 27.7 Å². The molecule has 0 aliphatic carbocycles. The van der Waals surface area contributed by atoms with Gasteiger partial charge in [-0.05, 0) is 17.7 Å². The number of rotatable bonds is 3. The van der Waals surface area contributed by atoms with Crippen LogP contribution in [-0.2, 0) is 11.8 Å². The van der Waals surface area contributed by atoms with E-state index in [0.717, 1.165) is 21.3 Å². The maximum Gasteiger partial charge on any atom is 0.124 e. The summed E-state index contributed by atoms with van der Waals surface area (Å²) in [5.74, 6) is 1.69. The van der Waals surface area contributed by atoms with Crippen LogP contribution in [0.25, 0.3) is 0 Å². The van der Waals surface area contributed by atoms with Crippen LogP contribution in [-0.4, -0.2) is 7.11 Å². The predicted molar refractivity (Wildman–Crippen MR) is 59.8 cm³/mol. The molecule has 0 aromatic heterocycles. The van der Waals surface area contributed by atoms with Crippen LogP contribution in [0.5, 0.6) is 5.75 Å². The maximum absolute atomic E-state index is 5.75. The van der Waals surface area contributed by atoms with E-state index >= 15 is 0 Å². The molecule has 1 aromatic rings. The first-order valence-corrected chi connectivity index (χ1v) is 5.56. The van der Waals surface area contributed by atoms with Crippen LogP contribution in [0, 0.1) is 0 Å². The van der Waals surface area contributed by atoms with Crippen LogP contribution < -0.4 is 4.74 Å². The summed E-state index contributed by atoms with van der Waals surface area (Å²) in [6, 6.07) is 3.83. The van der Waals surface area contributed by atoms with Gasteiger partial charge in [-0.15, -0.1) is 23.2 Å². The Balaban J connectivity index is 3.18. The summed E-state index contributed by atoms with van der Waals surface area (Å²) < 4.78 is 6.11. The molecule has 0 atom stereocenters. The average molecular weight is 284 g/mol. The Hall–Kier alpha value is 0.0800. The van der Waals surface area contributed by atoms with Gasteiger partial charge in [-0.1, -0.05) is 15.9 Å². The molecule has 0 fully saturated rings. The lowest BCUT2D eigenvalue weighted by atomic mass is 10.1. The summed E-state index contributed by atoms with van der Waals surface area (Å²) in [5, 5.41) is 0. The van der Waals surface area contributed by atoms with E-state index in [4.69, 9.17) is 27.9 Å². The van der Waals surface area contributed by atoms with Gasteiger partial charge in [-0.2, -0.15) is 0 Å². The number of benzene rings is 1. The van der Waals surface area contributed by atoms with Crippen LogP contribution >= 0.6 is 39.1 Å². The lowest BCUT2D eigenvalue weighted by molar-refractivity contribution is 0.411. The second kappa shape index (κ2) is 5.08. The van der Waals surface area contributed by atoms with Crippen molar-refractivity contribution in [2.75, 3.05) is 7.11 Å². The molecule has 0 aliphatic heterocycles. The minimum Gasteiger partial charge on any atom is -0.496 e. The van der Waals surface area contributed by atoms with Gasteiger partial charge in [0, 0.05) is 15.9 Å². The summed E-state index contributed by atoms with van der Waals surface area (Å²) in [5.41, 5.74) is 1.99. The largest absolute Gasteiger partial charge is 0.496 e. The fourth-order valence-corrected chi connectivity index (χ4v) is 2.10. The van der Waals surface area contributed by atoms with E-state index in [-0.39, 0.29) is 0 Å². The van der Waals surface area contributed by atoms with Crippen molar-refractivity contribution in [2.24, 2.45) is 0 Å².